The average Bonchev–Trinajstić information content (AvgIpc) is 2.37. The summed E-state index contributed by atoms with van der Waals surface area (Å²) in [5, 5.41) is 0. The van der Waals surface area contributed by atoms with Gasteiger partial charge < -0.3 is 4.79 Å². The third-order valence-corrected chi connectivity index (χ3v) is 2.71. The van der Waals surface area contributed by atoms with Crippen LogP contribution in [-0.4, -0.2) is 11.3 Å². The minimum absolute atomic E-state index is 0.176. The van der Waals surface area contributed by atoms with Crippen molar-refractivity contribution in [2.45, 2.75) is 4.83 Å². The Morgan fingerprint density at radius 1 is 1.89 bits per heavy atom. The second-order valence-electron chi connectivity index (χ2n) is 1.44. The molecule has 48 valence electrons. The first-order valence-corrected chi connectivity index (χ1v) is 4.12. The summed E-state index contributed by atoms with van der Waals surface area (Å²) in [6.07, 6.45) is 2.52. The molecule has 1 aromatic rings. The molecule has 1 rings (SSSR count). The lowest BCUT2D eigenvalue weighted by Crippen LogP contribution is -1.83. The van der Waals surface area contributed by atoms with Gasteiger partial charge in [0, 0.05) is 11.1 Å². The highest BCUT2D eigenvalue weighted by Gasteiger charge is 2.05. The molecule has 0 aliphatic rings. The van der Waals surface area contributed by atoms with Crippen LogP contribution in [0.1, 0.15) is 9.70 Å². The first-order valence-electron chi connectivity index (χ1n) is 2.32. The van der Waals surface area contributed by atoms with Gasteiger partial charge in [-0.1, -0.05) is 15.9 Å². The minimum Gasteiger partial charge on any atom is -0.302 e. The number of carbonyl (C=O) groups excluding carboxylic acids is 1. The molecule has 0 aromatic carbocycles. The number of aldehydes is 1. The molecule has 1 heterocycles. The summed E-state index contributed by atoms with van der Waals surface area (Å²) < 4.78 is 0. The Kier molecular flexibility index (Phi) is 2.36. The fraction of sp³-hybridized carbons (Fsp3) is 0.200. The van der Waals surface area contributed by atoms with E-state index in [1.807, 2.05) is 0 Å². The van der Waals surface area contributed by atoms with Crippen LogP contribution in [0.4, 0.5) is 0 Å². The highest BCUT2D eigenvalue weighted by molar-refractivity contribution is 9.09. The van der Waals surface area contributed by atoms with Crippen molar-refractivity contribution >= 4 is 33.6 Å². The highest BCUT2D eigenvalue weighted by atomic mass is 79.9. The summed E-state index contributed by atoms with van der Waals surface area (Å²) in [7, 11) is 0. The Labute approximate surface area is 65.1 Å². The maximum atomic E-state index is 10.1. The Morgan fingerprint density at radius 2 is 2.67 bits per heavy atom. The molecule has 0 spiro atoms. The standard InChI is InChI=1S/C5H4BrNOS/c6-4(2-8)5-1-7-3-9-5/h1-4H. The number of carbonyl (C=O) groups is 1. The monoisotopic (exact) mass is 205 g/mol. The first kappa shape index (κ1) is 6.89. The van der Waals surface area contributed by atoms with Crippen molar-refractivity contribution in [3.8, 4) is 0 Å². The largest absolute Gasteiger partial charge is 0.302 e. The summed E-state index contributed by atoms with van der Waals surface area (Å²) in [4.78, 5) is 14.7. The predicted octanol–water partition coefficient (Wildman–Crippen LogP) is 1.78. The van der Waals surface area contributed by atoms with E-state index in [0.29, 0.717) is 0 Å². The van der Waals surface area contributed by atoms with E-state index in [1.54, 1.807) is 11.7 Å². The van der Waals surface area contributed by atoms with Crippen LogP contribution in [0.3, 0.4) is 0 Å². The van der Waals surface area contributed by atoms with Crippen LogP contribution in [0.15, 0.2) is 11.7 Å². The van der Waals surface area contributed by atoms with Gasteiger partial charge in [-0.3, -0.25) is 4.98 Å². The van der Waals surface area contributed by atoms with Gasteiger partial charge in [-0.15, -0.1) is 11.3 Å². The number of hydrogen-bond donors (Lipinski definition) is 0. The average molecular weight is 206 g/mol. The Hall–Kier alpha value is -0.220. The third-order valence-electron chi connectivity index (χ3n) is 0.843. The molecule has 0 aliphatic heterocycles. The second kappa shape index (κ2) is 3.08. The van der Waals surface area contributed by atoms with Crippen LogP contribution in [0, 0.1) is 0 Å². The number of nitrogens with zero attached hydrogens (tertiary/aromatic N) is 1. The number of halogens is 1. The highest BCUT2D eigenvalue weighted by Crippen LogP contribution is 2.22. The first-order chi connectivity index (χ1) is 4.34. The van der Waals surface area contributed by atoms with Gasteiger partial charge in [0.15, 0.2) is 0 Å². The normalized spacial score (nSPS) is 13.0. The van der Waals surface area contributed by atoms with E-state index in [2.05, 4.69) is 20.9 Å². The quantitative estimate of drug-likeness (QED) is 0.545. The summed E-state index contributed by atoms with van der Waals surface area (Å²) in [6, 6.07) is 0. The Bertz CT molecular complexity index is 187. The van der Waals surface area contributed by atoms with Gasteiger partial charge in [0.25, 0.3) is 0 Å². The number of thiazole rings is 1. The second-order valence-corrected chi connectivity index (χ2v) is 3.35. The van der Waals surface area contributed by atoms with Gasteiger partial charge in [0.2, 0.25) is 0 Å². The molecule has 0 fully saturated rings. The summed E-state index contributed by atoms with van der Waals surface area (Å²) in [5.41, 5.74) is 1.70. The molecule has 0 saturated heterocycles. The molecule has 1 aromatic heterocycles. The fourth-order valence-corrected chi connectivity index (χ4v) is 1.42. The van der Waals surface area contributed by atoms with Crippen molar-refractivity contribution in [3.05, 3.63) is 16.6 Å². The minimum atomic E-state index is -0.176. The molecule has 0 bridgehead atoms. The number of hydrogen-bond acceptors (Lipinski definition) is 3. The van der Waals surface area contributed by atoms with E-state index in [4.69, 9.17) is 0 Å². The fourth-order valence-electron chi connectivity index (χ4n) is 0.429. The lowest BCUT2D eigenvalue weighted by molar-refractivity contribution is -0.107. The zero-order valence-electron chi connectivity index (χ0n) is 4.45. The van der Waals surface area contributed by atoms with Crippen molar-refractivity contribution in [3.63, 3.8) is 0 Å². The maximum absolute atomic E-state index is 10.1. The summed E-state index contributed by atoms with van der Waals surface area (Å²) in [6.45, 7) is 0. The van der Waals surface area contributed by atoms with Crippen LogP contribution in [0.25, 0.3) is 0 Å². The maximum Gasteiger partial charge on any atom is 0.138 e. The molecule has 0 saturated carbocycles. The van der Waals surface area contributed by atoms with Gasteiger partial charge >= 0.3 is 0 Å². The molecule has 0 radical (unpaired) electrons. The van der Waals surface area contributed by atoms with E-state index in [0.717, 1.165) is 11.2 Å². The van der Waals surface area contributed by atoms with Crippen LogP contribution in [-0.2, 0) is 4.79 Å². The third kappa shape index (κ3) is 1.59. The zero-order chi connectivity index (χ0) is 6.69. The molecule has 4 heteroatoms. The number of rotatable bonds is 2. The van der Waals surface area contributed by atoms with E-state index in [1.165, 1.54) is 11.3 Å². The van der Waals surface area contributed by atoms with Crippen molar-refractivity contribution in [2.24, 2.45) is 0 Å². The molecule has 0 aliphatic carbocycles. The predicted molar refractivity (Wildman–Crippen MR) is 39.8 cm³/mol. The van der Waals surface area contributed by atoms with Gasteiger partial charge in [0.1, 0.15) is 11.1 Å². The summed E-state index contributed by atoms with van der Waals surface area (Å²) >= 11 is 4.63. The van der Waals surface area contributed by atoms with E-state index in [-0.39, 0.29) is 4.83 Å². The van der Waals surface area contributed by atoms with Crippen molar-refractivity contribution in [2.75, 3.05) is 0 Å². The van der Waals surface area contributed by atoms with Gasteiger partial charge in [0.05, 0.1) is 5.51 Å². The molecule has 0 N–H and O–H groups in total. The van der Waals surface area contributed by atoms with E-state index < -0.39 is 0 Å². The molecular weight excluding hydrogens is 202 g/mol. The Balaban J connectivity index is 2.76. The molecule has 0 amide bonds. The lowest BCUT2D eigenvalue weighted by Gasteiger charge is -1.91. The van der Waals surface area contributed by atoms with Gasteiger partial charge in [-0.05, 0) is 0 Å². The molecule has 9 heavy (non-hydrogen) atoms. The number of alkyl halides is 1. The molecular formula is C5H4BrNOS. The number of aromatic nitrogens is 1. The smallest absolute Gasteiger partial charge is 0.138 e. The van der Waals surface area contributed by atoms with E-state index >= 15 is 0 Å². The SMILES string of the molecule is O=CC(Br)c1cncs1. The van der Waals surface area contributed by atoms with Crippen molar-refractivity contribution < 1.29 is 4.79 Å². The van der Waals surface area contributed by atoms with Crippen LogP contribution < -0.4 is 0 Å². The summed E-state index contributed by atoms with van der Waals surface area (Å²) in [5.74, 6) is 0. The topological polar surface area (TPSA) is 30.0 Å². The van der Waals surface area contributed by atoms with Gasteiger partial charge in [-0.2, -0.15) is 0 Å². The lowest BCUT2D eigenvalue weighted by atomic mass is 10.4. The van der Waals surface area contributed by atoms with E-state index in [9.17, 15) is 4.79 Å². The Morgan fingerprint density at radius 3 is 3.11 bits per heavy atom. The molecule has 1 atom stereocenters. The van der Waals surface area contributed by atoms with Crippen LogP contribution >= 0.6 is 27.3 Å². The van der Waals surface area contributed by atoms with Gasteiger partial charge in [-0.25, -0.2) is 0 Å². The molecule has 2 nitrogen and oxygen atoms in total. The molecule has 1 unspecified atom stereocenters. The van der Waals surface area contributed by atoms with Crippen molar-refractivity contribution in [1.82, 2.24) is 4.98 Å². The zero-order valence-corrected chi connectivity index (χ0v) is 6.85. The van der Waals surface area contributed by atoms with Crippen molar-refractivity contribution in [1.29, 1.82) is 0 Å². The van der Waals surface area contributed by atoms with Crippen LogP contribution in [0.5, 0.6) is 0 Å². The van der Waals surface area contributed by atoms with Crippen LogP contribution in [0.2, 0.25) is 0 Å².